The Hall–Kier alpha value is -2.27. The van der Waals surface area contributed by atoms with Gasteiger partial charge in [-0.05, 0) is 43.2 Å². The highest BCUT2D eigenvalue weighted by Gasteiger charge is 2.18. The van der Waals surface area contributed by atoms with E-state index in [0.29, 0.717) is 10.0 Å². The van der Waals surface area contributed by atoms with E-state index in [1.807, 2.05) is 31.5 Å². The molecular formula is C21H20Cl2N4. The van der Waals surface area contributed by atoms with Gasteiger partial charge < -0.3 is 15.3 Å². The molecule has 0 aliphatic carbocycles. The molecule has 27 heavy (non-hydrogen) atoms. The number of benzene rings is 2. The number of hydrogen-bond acceptors (Lipinski definition) is 2. The molecular weight excluding hydrogens is 379 g/mol. The minimum atomic E-state index is -0.169. The molecule has 4 nitrogen and oxygen atoms in total. The molecule has 0 saturated heterocycles. The maximum Gasteiger partial charge on any atom is 0.0956 e. The second-order valence-electron chi connectivity index (χ2n) is 6.69. The van der Waals surface area contributed by atoms with Crippen LogP contribution in [-0.4, -0.2) is 14.5 Å². The zero-order valence-electron chi connectivity index (χ0n) is 14.9. The summed E-state index contributed by atoms with van der Waals surface area (Å²) in [6, 6.07) is 13.6. The van der Waals surface area contributed by atoms with Gasteiger partial charge in [0, 0.05) is 40.3 Å². The lowest BCUT2D eigenvalue weighted by atomic mass is 10.1. The Morgan fingerprint density at radius 3 is 2.78 bits per heavy atom. The lowest BCUT2D eigenvalue weighted by Crippen LogP contribution is -2.14. The number of hydrogen-bond donors (Lipinski definition) is 2. The summed E-state index contributed by atoms with van der Waals surface area (Å²) in [6.07, 6.45) is 4.80. The van der Waals surface area contributed by atoms with E-state index in [1.165, 1.54) is 10.9 Å². The van der Waals surface area contributed by atoms with Gasteiger partial charge in [0.15, 0.2) is 0 Å². The fourth-order valence-electron chi connectivity index (χ4n) is 3.52. The summed E-state index contributed by atoms with van der Waals surface area (Å²) >= 11 is 12.4. The average molecular weight is 399 g/mol. The maximum atomic E-state index is 6.39. The molecule has 1 unspecified atom stereocenters. The van der Waals surface area contributed by atoms with Gasteiger partial charge in [-0.25, -0.2) is 4.98 Å². The molecule has 0 bridgehead atoms. The predicted molar refractivity (Wildman–Crippen MR) is 112 cm³/mol. The molecule has 138 valence electrons. The van der Waals surface area contributed by atoms with Crippen molar-refractivity contribution in [2.45, 2.75) is 25.9 Å². The van der Waals surface area contributed by atoms with Gasteiger partial charge in [0.05, 0.1) is 22.7 Å². The minimum Gasteiger partial charge on any atom is -0.361 e. The van der Waals surface area contributed by atoms with Crippen LogP contribution in [0.5, 0.6) is 0 Å². The van der Waals surface area contributed by atoms with Gasteiger partial charge in [0.25, 0.3) is 0 Å². The molecule has 2 aromatic heterocycles. The van der Waals surface area contributed by atoms with Crippen molar-refractivity contribution in [3.8, 4) is 11.3 Å². The number of aromatic amines is 1. The average Bonchev–Trinajstić information content (AvgIpc) is 3.24. The van der Waals surface area contributed by atoms with Crippen LogP contribution in [0.15, 0.2) is 55.0 Å². The summed E-state index contributed by atoms with van der Waals surface area (Å²) in [6.45, 7) is 2.75. The molecule has 0 aliphatic heterocycles. The normalized spacial score (nSPS) is 12.6. The molecule has 0 aliphatic rings. The van der Waals surface area contributed by atoms with Gasteiger partial charge in [0.2, 0.25) is 0 Å². The highest BCUT2D eigenvalue weighted by atomic mass is 35.5. The third-order valence-electron chi connectivity index (χ3n) is 4.79. The van der Waals surface area contributed by atoms with Crippen molar-refractivity contribution in [3.05, 3.63) is 76.3 Å². The molecule has 0 amide bonds. The van der Waals surface area contributed by atoms with Crippen LogP contribution >= 0.6 is 23.2 Å². The number of imidazole rings is 1. The highest BCUT2D eigenvalue weighted by Crippen LogP contribution is 2.33. The molecule has 2 aromatic carbocycles. The molecule has 2 heterocycles. The first-order valence-electron chi connectivity index (χ1n) is 8.85. The second kappa shape index (κ2) is 7.39. The number of nitrogens with two attached hydrogens (primary N) is 1. The Labute approximate surface area is 167 Å². The van der Waals surface area contributed by atoms with Gasteiger partial charge in [0.1, 0.15) is 0 Å². The summed E-state index contributed by atoms with van der Waals surface area (Å²) in [7, 11) is 0. The summed E-state index contributed by atoms with van der Waals surface area (Å²) < 4.78 is 2.12. The molecule has 0 fully saturated rings. The van der Waals surface area contributed by atoms with Crippen LogP contribution < -0.4 is 5.73 Å². The Morgan fingerprint density at radius 1 is 1.19 bits per heavy atom. The van der Waals surface area contributed by atoms with E-state index < -0.39 is 0 Å². The molecule has 4 rings (SSSR count). The van der Waals surface area contributed by atoms with E-state index in [9.17, 15) is 0 Å². The van der Waals surface area contributed by atoms with Gasteiger partial charge in [-0.3, -0.25) is 0 Å². The van der Waals surface area contributed by atoms with E-state index in [0.717, 1.165) is 35.4 Å². The number of rotatable bonds is 5. The van der Waals surface area contributed by atoms with Crippen molar-refractivity contribution in [1.82, 2.24) is 14.5 Å². The first-order chi connectivity index (χ1) is 13.0. The Bertz CT molecular complexity index is 1090. The fraction of sp³-hybridized carbons (Fsp3) is 0.190. The largest absolute Gasteiger partial charge is 0.361 e. The number of nitrogens with zero attached hydrogens (tertiary/aromatic N) is 2. The van der Waals surface area contributed by atoms with Crippen LogP contribution in [0, 0.1) is 0 Å². The van der Waals surface area contributed by atoms with Crippen molar-refractivity contribution in [1.29, 1.82) is 0 Å². The summed E-state index contributed by atoms with van der Waals surface area (Å²) in [5, 5.41) is 2.43. The van der Waals surface area contributed by atoms with Gasteiger partial charge >= 0.3 is 0 Å². The van der Waals surface area contributed by atoms with Crippen LogP contribution in [0.25, 0.3) is 22.2 Å². The summed E-state index contributed by atoms with van der Waals surface area (Å²) in [5.41, 5.74) is 11.3. The van der Waals surface area contributed by atoms with Crippen molar-refractivity contribution >= 4 is 34.1 Å². The summed E-state index contributed by atoms with van der Waals surface area (Å²) in [4.78, 5) is 7.93. The highest BCUT2D eigenvalue weighted by molar-refractivity contribution is 6.36. The third-order valence-corrected chi connectivity index (χ3v) is 5.34. The molecule has 0 saturated carbocycles. The van der Waals surface area contributed by atoms with Crippen molar-refractivity contribution in [2.75, 3.05) is 0 Å². The molecule has 6 heteroatoms. The zero-order valence-corrected chi connectivity index (χ0v) is 16.4. The van der Waals surface area contributed by atoms with Gasteiger partial charge in [-0.1, -0.05) is 41.4 Å². The number of aromatic nitrogens is 3. The molecule has 0 spiro atoms. The first-order valence-corrected chi connectivity index (χ1v) is 9.61. The SMILES string of the molecule is CC(N)c1c(-c2ccc(Cl)cc2Cl)ncn1CCc1c[nH]c2ccccc12. The van der Waals surface area contributed by atoms with Crippen molar-refractivity contribution in [3.63, 3.8) is 0 Å². The van der Waals surface area contributed by atoms with Crippen molar-refractivity contribution < 1.29 is 0 Å². The standard InChI is InChI=1S/C21H20Cl2N4/c1-13(24)21-20(17-7-6-15(22)10-18(17)23)26-12-27(21)9-8-14-11-25-19-5-3-2-4-16(14)19/h2-7,10-13,25H,8-9,24H2,1H3. The van der Waals surface area contributed by atoms with E-state index in [-0.39, 0.29) is 6.04 Å². The molecule has 0 radical (unpaired) electrons. The maximum absolute atomic E-state index is 6.39. The Balaban J connectivity index is 1.66. The first kappa shape index (κ1) is 18.1. The van der Waals surface area contributed by atoms with Crippen LogP contribution in [0.1, 0.15) is 24.2 Å². The van der Waals surface area contributed by atoms with E-state index in [2.05, 4.69) is 38.9 Å². The topological polar surface area (TPSA) is 59.6 Å². The van der Waals surface area contributed by atoms with Crippen LogP contribution in [0.4, 0.5) is 0 Å². The number of fused-ring (bicyclic) bond motifs is 1. The number of para-hydroxylation sites is 1. The molecule has 4 aromatic rings. The van der Waals surface area contributed by atoms with E-state index >= 15 is 0 Å². The smallest absolute Gasteiger partial charge is 0.0956 e. The number of aryl methyl sites for hydroxylation is 2. The van der Waals surface area contributed by atoms with Gasteiger partial charge in [-0.2, -0.15) is 0 Å². The number of halogens is 2. The van der Waals surface area contributed by atoms with Crippen LogP contribution in [0.3, 0.4) is 0 Å². The summed E-state index contributed by atoms with van der Waals surface area (Å²) in [5.74, 6) is 0. The zero-order chi connectivity index (χ0) is 19.0. The number of H-pyrrole nitrogens is 1. The predicted octanol–water partition coefficient (Wildman–Crippen LogP) is 5.60. The quantitative estimate of drug-likeness (QED) is 0.459. The molecule has 3 N–H and O–H groups in total. The van der Waals surface area contributed by atoms with Crippen LogP contribution in [-0.2, 0) is 13.0 Å². The minimum absolute atomic E-state index is 0.169. The molecule has 1 atom stereocenters. The number of nitrogens with one attached hydrogen (secondary N) is 1. The Morgan fingerprint density at radius 2 is 2.00 bits per heavy atom. The third kappa shape index (κ3) is 3.48. The Kier molecular flexibility index (Phi) is 4.96. The van der Waals surface area contributed by atoms with Gasteiger partial charge in [-0.15, -0.1) is 0 Å². The second-order valence-corrected chi connectivity index (χ2v) is 7.54. The monoisotopic (exact) mass is 398 g/mol. The lowest BCUT2D eigenvalue weighted by molar-refractivity contribution is 0.626. The fourth-order valence-corrected chi connectivity index (χ4v) is 4.01. The van der Waals surface area contributed by atoms with Crippen LogP contribution in [0.2, 0.25) is 10.0 Å². The van der Waals surface area contributed by atoms with E-state index in [4.69, 9.17) is 28.9 Å². The lowest BCUT2D eigenvalue weighted by Gasteiger charge is -2.14. The van der Waals surface area contributed by atoms with Crippen molar-refractivity contribution in [2.24, 2.45) is 5.73 Å². The van der Waals surface area contributed by atoms with E-state index in [1.54, 1.807) is 6.07 Å².